The van der Waals surface area contributed by atoms with Gasteiger partial charge in [-0.2, -0.15) is 4.98 Å². The molecule has 0 amide bonds. The van der Waals surface area contributed by atoms with Crippen LogP contribution in [0, 0.1) is 0 Å². The Kier molecular flexibility index (Phi) is 3.05. The first-order valence-corrected chi connectivity index (χ1v) is 7.70. The number of nitrogens with two attached hydrogens (primary N) is 1. The largest absolute Gasteiger partial charge is 0.367 e. The molecule has 110 valence electrons. The van der Waals surface area contributed by atoms with Crippen molar-refractivity contribution in [1.82, 2.24) is 15.0 Å². The van der Waals surface area contributed by atoms with Crippen molar-refractivity contribution < 1.29 is 9.26 Å². The number of aromatic nitrogens is 2. The van der Waals surface area contributed by atoms with Crippen molar-refractivity contribution in [3.63, 3.8) is 0 Å². The fraction of sp³-hybridized carbons (Fsp3) is 0.857. The van der Waals surface area contributed by atoms with Crippen molar-refractivity contribution in [2.24, 2.45) is 5.73 Å². The molecule has 2 saturated heterocycles. The maximum absolute atomic E-state index is 5.93. The minimum atomic E-state index is -0.0594. The summed E-state index contributed by atoms with van der Waals surface area (Å²) >= 11 is 0. The lowest BCUT2D eigenvalue weighted by atomic mass is 9.69. The van der Waals surface area contributed by atoms with Crippen LogP contribution in [0.3, 0.4) is 0 Å². The van der Waals surface area contributed by atoms with E-state index in [9.17, 15) is 0 Å². The average Bonchev–Trinajstić information content (AvgIpc) is 3.06. The summed E-state index contributed by atoms with van der Waals surface area (Å²) in [6, 6.07) is 0.597. The smallest absolute Gasteiger partial charge is 0.234 e. The van der Waals surface area contributed by atoms with E-state index in [4.69, 9.17) is 15.0 Å². The molecule has 3 aliphatic rings. The third-order valence-corrected chi connectivity index (χ3v) is 5.27. The molecular formula is C14H22N4O2. The molecule has 0 aromatic carbocycles. The number of hydrogen-bond acceptors (Lipinski definition) is 6. The van der Waals surface area contributed by atoms with Gasteiger partial charge in [-0.1, -0.05) is 11.6 Å². The molecule has 6 nitrogen and oxygen atoms in total. The van der Waals surface area contributed by atoms with Gasteiger partial charge in [0.1, 0.15) is 6.10 Å². The molecule has 20 heavy (non-hydrogen) atoms. The predicted molar refractivity (Wildman–Crippen MR) is 72.2 cm³/mol. The Hall–Kier alpha value is -0.980. The number of nitrogens with zero attached hydrogens (tertiary/aromatic N) is 3. The summed E-state index contributed by atoms with van der Waals surface area (Å²) in [5, 5.41) is 4.16. The minimum absolute atomic E-state index is 0.0447. The van der Waals surface area contributed by atoms with Crippen LogP contribution < -0.4 is 5.73 Å². The molecule has 2 N–H and O–H groups in total. The first-order chi connectivity index (χ1) is 9.81. The highest BCUT2D eigenvalue weighted by molar-refractivity contribution is 5.12. The van der Waals surface area contributed by atoms with E-state index in [2.05, 4.69) is 15.0 Å². The third-order valence-electron chi connectivity index (χ3n) is 5.27. The second-order valence-corrected chi connectivity index (χ2v) is 6.41. The molecule has 0 spiro atoms. The fourth-order valence-corrected chi connectivity index (χ4v) is 3.66. The van der Waals surface area contributed by atoms with Crippen LogP contribution in [0.15, 0.2) is 4.52 Å². The van der Waals surface area contributed by atoms with Crippen molar-refractivity contribution in [1.29, 1.82) is 0 Å². The van der Waals surface area contributed by atoms with Crippen LogP contribution in [0.2, 0.25) is 0 Å². The standard InChI is InChI=1S/C14H22N4O2/c15-9-14(4-2-5-14)13-16-12(17-20-13)11-7-18-6-1-3-10(18)8-19-11/h10-11H,1-9,15H2. The Morgan fingerprint density at radius 1 is 1.35 bits per heavy atom. The number of hydrogen-bond donors (Lipinski definition) is 1. The molecule has 0 bridgehead atoms. The zero-order valence-corrected chi connectivity index (χ0v) is 11.8. The number of ether oxygens (including phenoxy) is 1. The second-order valence-electron chi connectivity index (χ2n) is 6.41. The summed E-state index contributed by atoms with van der Waals surface area (Å²) in [6.45, 7) is 3.44. The van der Waals surface area contributed by atoms with Gasteiger partial charge < -0.3 is 15.0 Å². The fourth-order valence-electron chi connectivity index (χ4n) is 3.66. The van der Waals surface area contributed by atoms with E-state index in [-0.39, 0.29) is 11.5 Å². The van der Waals surface area contributed by atoms with E-state index in [0.29, 0.717) is 24.3 Å². The van der Waals surface area contributed by atoms with Crippen molar-refractivity contribution in [2.45, 2.75) is 49.7 Å². The van der Waals surface area contributed by atoms with Crippen molar-refractivity contribution in [3.8, 4) is 0 Å². The summed E-state index contributed by atoms with van der Waals surface area (Å²) in [7, 11) is 0. The van der Waals surface area contributed by atoms with Gasteiger partial charge in [0.2, 0.25) is 11.7 Å². The van der Waals surface area contributed by atoms with Gasteiger partial charge in [-0.05, 0) is 32.2 Å². The molecule has 3 heterocycles. The number of morpholine rings is 1. The van der Waals surface area contributed by atoms with E-state index in [1.54, 1.807) is 0 Å². The minimum Gasteiger partial charge on any atom is -0.367 e. The maximum Gasteiger partial charge on any atom is 0.234 e. The molecule has 1 aromatic rings. The Labute approximate surface area is 118 Å². The van der Waals surface area contributed by atoms with Crippen LogP contribution in [0.5, 0.6) is 0 Å². The SMILES string of the molecule is NCC1(c2nc(C3CN4CCCC4CO3)no2)CCC1. The van der Waals surface area contributed by atoms with Crippen LogP contribution in [0.4, 0.5) is 0 Å². The Morgan fingerprint density at radius 2 is 2.25 bits per heavy atom. The molecule has 2 atom stereocenters. The molecule has 6 heteroatoms. The monoisotopic (exact) mass is 278 g/mol. The number of fused-ring (bicyclic) bond motifs is 1. The van der Waals surface area contributed by atoms with Crippen molar-refractivity contribution in [2.75, 3.05) is 26.2 Å². The molecule has 0 radical (unpaired) electrons. The Bertz CT molecular complexity index is 480. The Balaban J connectivity index is 1.50. The maximum atomic E-state index is 5.93. The molecule has 3 fully saturated rings. The zero-order valence-electron chi connectivity index (χ0n) is 11.8. The quantitative estimate of drug-likeness (QED) is 0.888. The summed E-state index contributed by atoms with van der Waals surface area (Å²) in [5.41, 5.74) is 5.83. The van der Waals surface area contributed by atoms with Crippen LogP contribution in [-0.4, -0.2) is 47.3 Å². The van der Waals surface area contributed by atoms with Gasteiger partial charge in [0.15, 0.2) is 0 Å². The van der Waals surface area contributed by atoms with Crippen LogP contribution >= 0.6 is 0 Å². The highest BCUT2D eigenvalue weighted by Crippen LogP contribution is 2.42. The van der Waals surface area contributed by atoms with Gasteiger partial charge in [0.05, 0.1) is 12.0 Å². The number of rotatable bonds is 3. The lowest BCUT2D eigenvalue weighted by Crippen LogP contribution is -2.43. The van der Waals surface area contributed by atoms with E-state index >= 15 is 0 Å². The van der Waals surface area contributed by atoms with Gasteiger partial charge in [0, 0.05) is 19.1 Å². The molecule has 2 aliphatic heterocycles. The topological polar surface area (TPSA) is 77.4 Å². The predicted octanol–water partition coefficient (Wildman–Crippen LogP) is 0.986. The summed E-state index contributed by atoms with van der Waals surface area (Å²) in [4.78, 5) is 7.10. The summed E-state index contributed by atoms with van der Waals surface area (Å²) in [5.74, 6) is 1.42. The lowest BCUT2D eigenvalue weighted by molar-refractivity contribution is -0.0548. The molecule has 2 unspecified atom stereocenters. The first kappa shape index (κ1) is 12.7. The van der Waals surface area contributed by atoms with E-state index in [1.807, 2.05) is 0 Å². The zero-order chi connectivity index (χ0) is 13.6. The van der Waals surface area contributed by atoms with E-state index in [0.717, 1.165) is 26.0 Å². The van der Waals surface area contributed by atoms with Gasteiger partial charge in [-0.3, -0.25) is 4.90 Å². The molecule has 1 aliphatic carbocycles. The van der Waals surface area contributed by atoms with Gasteiger partial charge in [-0.15, -0.1) is 0 Å². The lowest BCUT2D eigenvalue weighted by Gasteiger charge is -2.37. The van der Waals surface area contributed by atoms with Crippen LogP contribution in [0.1, 0.15) is 49.9 Å². The van der Waals surface area contributed by atoms with Gasteiger partial charge in [0.25, 0.3) is 0 Å². The van der Waals surface area contributed by atoms with Crippen LogP contribution in [-0.2, 0) is 10.2 Å². The average molecular weight is 278 g/mol. The highest BCUT2D eigenvalue weighted by atomic mass is 16.5. The molecule has 1 saturated carbocycles. The second kappa shape index (κ2) is 4.79. The van der Waals surface area contributed by atoms with Crippen molar-refractivity contribution >= 4 is 0 Å². The molecular weight excluding hydrogens is 256 g/mol. The normalized spacial score (nSPS) is 32.9. The van der Waals surface area contributed by atoms with E-state index in [1.165, 1.54) is 25.8 Å². The van der Waals surface area contributed by atoms with Crippen molar-refractivity contribution in [3.05, 3.63) is 11.7 Å². The van der Waals surface area contributed by atoms with Crippen LogP contribution in [0.25, 0.3) is 0 Å². The third kappa shape index (κ3) is 1.89. The van der Waals surface area contributed by atoms with E-state index < -0.39 is 0 Å². The van der Waals surface area contributed by atoms with Gasteiger partial charge >= 0.3 is 0 Å². The Morgan fingerprint density at radius 3 is 3.00 bits per heavy atom. The highest BCUT2D eigenvalue weighted by Gasteiger charge is 2.43. The molecule has 4 rings (SSSR count). The van der Waals surface area contributed by atoms with Gasteiger partial charge in [-0.25, -0.2) is 0 Å². The molecule has 1 aromatic heterocycles. The summed E-state index contributed by atoms with van der Waals surface area (Å²) < 4.78 is 11.4. The first-order valence-electron chi connectivity index (χ1n) is 7.70. The summed E-state index contributed by atoms with van der Waals surface area (Å²) in [6.07, 6.45) is 5.80.